The van der Waals surface area contributed by atoms with Crippen LogP contribution in [-0.2, 0) is 10.2 Å². The van der Waals surface area contributed by atoms with Crippen molar-refractivity contribution in [3.63, 3.8) is 0 Å². The second-order valence-corrected chi connectivity index (χ2v) is 9.88. The summed E-state index contributed by atoms with van der Waals surface area (Å²) in [6, 6.07) is 7.79. The quantitative estimate of drug-likeness (QED) is 0.580. The number of amides is 1. The number of nitrogens with one attached hydrogen (secondary N) is 3. The maximum atomic E-state index is 12.3. The number of hydrogen-bond acceptors (Lipinski definition) is 7. The number of rotatable bonds is 3. The van der Waals surface area contributed by atoms with Crippen LogP contribution in [0.3, 0.4) is 0 Å². The molecule has 0 aliphatic carbocycles. The molecule has 2 aromatic heterocycles. The molecule has 1 aromatic carbocycles. The summed E-state index contributed by atoms with van der Waals surface area (Å²) in [4.78, 5) is 24.1. The lowest BCUT2D eigenvalue weighted by atomic mass is 9.78. The van der Waals surface area contributed by atoms with E-state index in [1.807, 2.05) is 38.1 Å². The van der Waals surface area contributed by atoms with Crippen LogP contribution in [0.4, 0.5) is 23.1 Å². The lowest BCUT2D eigenvalue weighted by Gasteiger charge is -2.39. The van der Waals surface area contributed by atoms with Gasteiger partial charge < -0.3 is 25.3 Å². The van der Waals surface area contributed by atoms with Gasteiger partial charge in [-0.3, -0.25) is 4.79 Å². The van der Waals surface area contributed by atoms with Crippen molar-refractivity contribution in [3.8, 4) is 0 Å². The number of nitrogens with zero attached hydrogens (tertiary/aromatic N) is 3. The monoisotopic (exact) mass is 432 g/mol. The van der Waals surface area contributed by atoms with E-state index in [0.717, 1.165) is 72.9 Å². The van der Waals surface area contributed by atoms with Gasteiger partial charge in [0, 0.05) is 37.1 Å². The Labute approximate surface area is 186 Å². The van der Waals surface area contributed by atoms with Crippen LogP contribution in [-0.4, -0.2) is 42.1 Å². The van der Waals surface area contributed by atoms with Crippen molar-refractivity contribution in [2.24, 2.45) is 5.41 Å². The van der Waals surface area contributed by atoms with Gasteiger partial charge in [0.2, 0.25) is 11.9 Å². The highest BCUT2D eigenvalue weighted by atomic mass is 16.3. The molecule has 3 aliphatic rings. The third-order valence-electron chi connectivity index (χ3n) is 7.51. The molecule has 32 heavy (non-hydrogen) atoms. The molecule has 1 spiro atoms. The molecule has 3 aromatic rings. The van der Waals surface area contributed by atoms with Crippen LogP contribution < -0.4 is 20.9 Å². The van der Waals surface area contributed by atoms with Crippen molar-refractivity contribution in [1.29, 1.82) is 0 Å². The zero-order valence-corrected chi connectivity index (χ0v) is 18.5. The zero-order chi connectivity index (χ0) is 21.9. The highest BCUT2D eigenvalue weighted by molar-refractivity contribution is 6.06. The fourth-order valence-electron chi connectivity index (χ4n) is 5.33. The minimum atomic E-state index is -0.520. The zero-order valence-electron chi connectivity index (χ0n) is 18.5. The largest absolute Gasteiger partial charge is 0.459 e. The van der Waals surface area contributed by atoms with E-state index in [1.165, 1.54) is 6.42 Å². The Kier molecular flexibility index (Phi) is 4.24. The Hall–Kier alpha value is -3.13. The molecule has 2 saturated heterocycles. The summed E-state index contributed by atoms with van der Waals surface area (Å²) >= 11 is 0. The van der Waals surface area contributed by atoms with Crippen molar-refractivity contribution in [2.75, 3.05) is 41.7 Å². The van der Waals surface area contributed by atoms with Gasteiger partial charge in [-0.1, -0.05) is 6.07 Å². The normalized spacial score (nSPS) is 21.2. The number of aromatic nitrogens is 2. The van der Waals surface area contributed by atoms with Gasteiger partial charge in [-0.25, -0.2) is 4.98 Å². The number of fused-ring (bicyclic) bond motifs is 2. The first-order valence-electron chi connectivity index (χ1n) is 11.4. The number of carbonyl (C=O) groups excluding carboxylic acids is 1. The molecule has 0 radical (unpaired) electrons. The molecular weight excluding hydrogens is 404 g/mol. The van der Waals surface area contributed by atoms with Crippen LogP contribution in [0.15, 0.2) is 34.9 Å². The first-order valence-corrected chi connectivity index (χ1v) is 11.4. The van der Waals surface area contributed by atoms with Crippen LogP contribution in [0, 0.1) is 5.41 Å². The maximum absolute atomic E-state index is 12.3. The van der Waals surface area contributed by atoms with Gasteiger partial charge in [0.05, 0.1) is 11.7 Å². The first-order chi connectivity index (χ1) is 15.4. The molecule has 166 valence electrons. The van der Waals surface area contributed by atoms with E-state index in [2.05, 4.69) is 25.8 Å². The predicted octanol–water partition coefficient (Wildman–Crippen LogP) is 3.78. The third kappa shape index (κ3) is 3.04. The van der Waals surface area contributed by atoms with Crippen LogP contribution in [0.2, 0.25) is 0 Å². The molecule has 2 fully saturated rings. The lowest BCUT2D eigenvalue weighted by Crippen LogP contribution is -2.41. The second-order valence-electron chi connectivity index (χ2n) is 9.88. The molecule has 8 nitrogen and oxygen atoms in total. The highest BCUT2D eigenvalue weighted by Gasteiger charge is 2.39. The Bertz CT molecular complexity index is 1200. The minimum absolute atomic E-state index is 0.0170. The molecule has 0 saturated carbocycles. The highest BCUT2D eigenvalue weighted by Crippen LogP contribution is 2.41. The van der Waals surface area contributed by atoms with E-state index >= 15 is 0 Å². The molecule has 0 bridgehead atoms. The summed E-state index contributed by atoms with van der Waals surface area (Å²) in [5, 5.41) is 9.84. The average Bonchev–Trinajstić information content (AvgIpc) is 3.48. The Morgan fingerprint density at radius 2 is 1.97 bits per heavy atom. The molecule has 3 N–H and O–H groups in total. The van der Waals surface area contributed by atoms with Gasteiger partial charge in [-0.15, -0.1) is 0 Å². The average molecular weight is 433 g/mol. The smallest absolute Gasteiger partial charge is 0.234 e. The van der Waals surface area contributed by atoms with E-state index in [0.29, 0.717) is 11.4 Å². The molecule has 3 aliphatic heterocycles. The maximum Gasteiger partial charge on any atom is 0.234 e. The van der Waals surface area contributed by atoms with Crippen LogP contribution in [0.25, 0.3) is 11.1 Å². The molecule has 6 rings (SSSR count). The number of anilines is 4. The van der Waals surface area contributed by atoms with Crippen LogP contribution in [0.1, 0.15) is 38.7 Å². The number of benzene rings is 1. The SMILES string of the molecule is CC1(C)C(=O)Nc2cc(Nc3nc(N4CCC5(CCNC5)CC4)c4occc4n3)ccc21. The number of carbonyl (C=O) groups is 1. The minimum Gasteiger partial charge on any atom is -0.459 e. The fraction of sp³-hybridized carbons (Fsp3) is 0.458. The number of hydrogen-bond donors (Lipinski definition) is 3. The fourth-order valence-corrected chi connectivity index (χ4v) is 5.33. The van der Waals surface area contributed by atoms with Crippen molar-refractivity contribution in [1.82, 2.24) is 15.3 Å². The van der Waals surface area contributed by atoms with Gasteiger partial charge in [-0.2, -0.15) is 4.98 Å². The number of furan rings is 1. The van der Waals surface area contributed by atoms with Crippen LogP contribution in [0.5, 0.6) is 0 Å². The molecular formula is C24H28N6O2. The Balaban J connectivity index is 1.29. The summed E-state index contributed by atoms with van der Waals surface area (Å²) in [7, 11) is 0. The Morgan fingerprint density at radius 1 is 1.12 bits per heavy atom. The summed E-state index contributed by atoms with van der Waals surface area (Å²) in [5.41, 5.74) is 4.12. The summed E-state index contributed by atoms with van der Waals surface area (Å²) in [5.74, 6) is 1.39. The second kappa shape index (κ2) is 6.93. The van der Waals surface area contributed by atoms with Gasteiger partial charge >= 0.3 is 0 Å². The van der Waals surface area contributed by atoms with E-state index in [-0.39, 0.29) is 5.91 Å². The van der Waals surface area contributed by atoms with Crippen molar-refractivity contribution in [3.05, 3.63) is 36.1 Å². The molecule has 0 unspecified atom stereocenters. The molecule has 5 heterocycles. The van der Waals surface area contributed by atoms with E-state index in [4.69, 9.17) is 9.40 Å². The summed E-state index contributed by atoms with van der Waals surface area (Å²) < 4.78 is 5.77. The Morgan fingerprint density at radius 3 is 2.75 bits per heavy atom. The van der Waals surface area contributed by atoms with Crippen molar-refractivity contribution >= 4 is 40.1 Å². The molecule has 1 amide bonds. The van der Waals surface area contributed by atoms with E-state index < -0.39 is 5.41 Å². The van der Waals surface area contributed by atoms with E-state index in [9.17, 15) is 4.79 Å². The standard InChI is InChI=1S/C24H28N6O2/c1-23(2)16-4-3-15(13-18(16)27-21(23)31)26-22-28-17-5-12-32-19(17)20(29-22)30-10-7-24(8-11-30)6-9-25-14-24/h3-5,12-13,25H,6-11,14H2,1-2H3,(H,27,31)(H,26,28,29). The van der Waals surface area contributed by atoms with Gasteiger partial charge in [-0.05, 0) is 62.8 Å². The third-order valence-corrected chi connectivity index (χ3v) is 7.51. The summed E-state index contributed by atoms with van der Waals surface area (Å²) in [6.07, 6.45) is 5.26. The molecule has 8 heteroatoms. The van der Waals surface area contributed by atoms with Crippen LogP contribution >= 0.6 is 0 Å². The van der Waals surface area contributed by atoms with Gasteiger partial charge in [0.1, 0.15) is 5.52 Å². The summed E-state index contributed by atoms with van der Waals surface area (Å²) in [6.45, 7) is 8.06. The lowest BCUT2D eigenvalue weighted by molar-refractivity contribution is -0.119. The van der Waals surface area contributed by atoms with Gasteiger partial charge in [0.15, 0.2) is 11.4 Å². The van der Waals surface area contributed by atoms with Crippen molar-refractivity contribution in [2.45, 2.75) is 38.5 Å². The molecule has 0 atom stereocenters. The first kappa shape index (κ1) is 19.5. The van der Waals surface area contributed by atoms with E-state index in [1.54, 1.807) is 6.26 Å². The van der Waals surface area contributed by atoms with Crippen molar-refractivity contribution < 1.29 is 9.21 Å². The predicted molar refractivity (Wildman–Crippen MR) is 125 cm³/mol. The van der Waals surface area contributed by atoms with Gasteiger partial charge in [0.25, 0.3) is 0 Å². The topological polar surface area (TPSA) is 95.3 Å². The number of piperidine rings is 1.